The number of para-hydroxylation sites is 1. The number of ether oxygens (including phenoxy) is 9. The highest BCUT2D eigenvalue weighted by Gasteiger charge is 2.53. The lowest BCUT2D eigenvalue weighted by atomic mass is 9.65. The van der Waals surface area contributed by atoms with Gasteiger partial charge in [-0.3, -0.25) is 9.59 Å². The number of esters is 1. The molecule has 288 valence electrons. The summed E-state index contributed by atoms with van der Waals surface area (Å²) in [5.41, 5.74) is 4.25. The number of benzene rings is 4. The second-order valence-corrected chi connectivity index (χ2v) is 13.3. The van der Waals surface area contributed by atoms with E-state index in [1.54, 1.807) is 63.6 Å². The number of carbonyl (C=O) groups is 2. The van der Waals surface area contributed by atoms with Gasteiger partial charge >= 0.3 is 5.97 Å². The maximum Gasteiger partial charge on any atom is 0.310 e. The fourth-order valence-electron chi connectivity index (χ4n) is 7.83. The van der Waals surface area contributed by atoms with Crippen molar-refractivity contribution in [2.45, 2.75) is 18.6 Å². The van der Waals surface area contributed by atoms with Crippen molar-refractivity contribution in [3.05, 3.63) is 113 Å². The van der Waals surface area contributed by atoms with E-state index in [2.05, 4.69) is 10.3 Å². The average Bonchev–Trinajstić information content (AvgIpc) is 4.00. The predicted octanol–water partition coefficient (Wildman–Crippen LogP) is 6.05. The molecule has 0 bridgehead atoms. The lowest BCUT2D eigenvalue weighted by Crippen LogP contribution is -2.37. The summed E-state index contributed by atoms with van der Waals surface area (Å²) in [4.78, 5) is 26.7. The van der Waals surface area contributed by atoms with Crippen LogP contribution in [-0.2, 0) is 16.1 Å². The highest BCUT2D eigenvalue weighted by Crippen LogP contribution is 2.56. The number of methoxy groups -OCH3 is 5. The van der Waals surface area contributed by atoms with E-state index >= 15 is 0 Å². The Balaban J connectivity index is 1.08. The Morgan fingerprint density at radius 2 is 1.52 bits per heavy atom. The van der Waals surface area contributed by atoms with Crippen LogP contribution in [0.15, 0.2) is 79.0 Å². The fourth-order valence-corrected chi connectivity index (χ4v) is 7.83. The van der Waals surface area contributed by atoms with Crippen LogP contribution in [0.3, 0.4) is 0 Å². The number of rotatable bonds is 13. The average molecular weight is 762 g/mol. The van der Waals surface area contributed by atoms with Crippen LogP contribution < -0.4 is 37.9 Å². The van der Waals surface area contributed by atoms with Crippen molar-refractivity contribution < 1.29 is 52.2 Å². The molecule has 1 aliphatic carbocycles. The SMILES string of the molecule is COc1ccccc1/C=C/C(=O)c1ccc(OCc2cn([C@@H]3c4cc5c(cc4[C@@H](c4cc(OC)c(OC)c(OC)c4)[C@H]4C(=O)OC[C@@H]43)OCO5)nn2)c(OC)c1. The van der Waals surface area contributed by atoms with Crippen LogP contribution in [0.4, 0.5) is 0 Å². The lowest BCUT2D eigenvalue weighted by molar-refractivity contribution is -0.141. The number of aromatic nitrogens is 3. The minimum Gasteiger partial charge on any atom is -0.496 e. The largest absolute Gasteiger partial charge is 0.496 e. The number of allylic oxidation sites excluding steroid dienone is 1. The molecule has 4 aromatic carbocycles. The van der Waals surface area contributed by atoms with Gasteiger partial charge in [-0.2, -0.15) is 0 Å². The van der Waals surface area contributed by atoms with Gasteiger partial charge in [0.15, 0.2) is 40.3 Å². The third-order valence-corrected chi connectivity index (χ3v) is 10.4. The maximum atomic E-state index is 13.7. The highest BCUT2D eigenvalue weighted by atomic mass is 16.7. The molecule has 0 N–H and O–H groups in total. The molecule has 0 saturated carbocycles. The van der Waals surface area contributed by atoms with Crippen LogP contribution in [0.25, 0.3) is 6.08 Å². The number of carbonyl (C=O) groups excluding carboxylic acids is 2. The van der Waals surface area contributed by atoms with Crippen LogP contribution in [0.2, 0.25) is 0 Å². The standard InChI is InChI=1S/C42H39N3O11/c1-48-31-9-7-6-8-23(31)10-12-30(46)24-11-13-32(33(14-24)49-2)53-20-26-19-45(44-43-26)40-28-18-35-34(55-22-56-35)17-27(28)38(39-29(40)21-54-42(39)47)25-15-36(50-3)41(52-5)37(16-25)51-4/h6-19,29,38-40H,20-22H2,1-5H3/b12-10+/t29-,38+,39-,40+/m0/s1. The molecule has 5 aromatic rings. The Bertz CT molecular complexity index is 2310. The van der Waals surface area contributed by atoms with Gasteiger partial charge in [-0.25, -0.2) is 4.68 Å². The first-order valence-corrected chi connectivity index (χ1v) is 17.8. The van der Waals surface area contributed by atoms with Gasteiger partial charge in [0.05, 0.1) is 60.3 Å². The zero-order valence-corrected chi connectivity index (χ0v) is 31.3. The Labute approximate surface area is 322 Å². The van der Waals surface area contributed by atoms with Gasteiger partial charge in [0.1, 0.15) is 18.1 Å². The van der Waals surface area contributed by atoms with Crippen molar-refractivity contribution in [2.24, 2.45) is 11.8 Å². The van der Waals surface area contributed by atoms with Gasteiger partial charge < -0.3 is 42.6 Å². The number of nitrogens with zero attached hydrogens (tertiary/aromatic N) is 3. The summed E-state index contributed by atoms with van der Waals surface area (Å²) in [6, 6.07) is 19.6. The molecule has 56 heavy (non-hydrogen) atoms. The van der Waals surface area contributed by atoms with Gasteiger partial charge in [-0.15, -0.1) is 5.10 Å². The lowest BCUT2D eigenvalue weighted by Gasteiger charge is -2.39. The van der Waals surface area contributed by atoms with E-state index in [0.29, 0.717) is 57.3 Å². The first-order chi connectivity index (χ1) is 27.3. The molecular weight excluding hydrogens is 722 g/mol. The molecule has 1 aromatic heterocycles. The summed E-state index contributed by atoms with van der Waals surface area (Å²) in [7, 11) is 7.75. The number of ketones is 1. The Hall–Kier alpha value is -6.70. The third-order valence-electron chi connectivity index (χ3n) is 10.4. The number of hydrogen-bond acceptors (Lipinski definition) is 13. The molecule has 8 rings (SSSR count). The smallest absolute Gasteiger partial charge is 0.310 e. The second-order valence-electron chi connectivity index (χ2n) is 13.3. The summed E-state index contributed by atoms with van der Waals surface area (Å²) in [5, 5.41) is 8.98. The van der Waals surface area contributed by atoms with Crippen LogP contribution in [0, 0.1) is 11.8 Å². The molecule has 3 aliphatic rings. The van der Waals surface area contributed by atoms with E-state index in [0.717, 1.165) is 22.3 Å². The van der Waals surface area contributed by atoms with Crippen molar-refractivity contribution in [3.63, 3.8) is 0 Å². The molecule has 3 heterocycles. The second kappa shape index (κ2) is 15.2. The van der Waals surface area contributed by atoms with Crippen molar-refractivity contribution in [1.82, 2.24) is 15.0 Å². The molecule has 2 aliphatic heterocycles. The van der Waals surface area contributed by atoms with Gasteiger partial charge in [-0.1, -0.05) is 23.4 Å². The predicted molar refractivity (Wildman–Crippen MR) is 200 cm³/mol. The fraction of sp³-hybridized carbons (Fsp3) is 0.286. The quantitative estimate of drug-likeness (QED) is 0.0780. The minimum absolute atomic E-state index is 0.0513. The van der Waals surface area contributed by atoms with Crippen LogP contribution >= 0.6 is 0 Å². The Kier molecular flexibility index (Phi) is 9.85. The number of fused-ring (bicyclic) bond motifs is 3. The van der Waals surface area contributed by atoms with E-state index in [1.807, 2.05) is 48.5 Å². The van der Waals surface area contributed by atoms with Crippen molar-refractivity contribution in [2.75, 3.05) is 48.9 Å². The molecule has 0 spiro atoms. The highest BCUT2D eigenvalue weighted by molar-refractivity contribution is 6.07. The molecular formula is C42H39N3O11. The summed E-state index contributed by atoms with van der Waals surface area (Å²) in [6.07, 6.45) is 5.00. The van der Waals surface area contributed by atoms with E-state index in [1.165, 1.54) is 13.2 Å². The Morgan fingerprint density at radius 3 is 2.23 bits per heavy atom. The van der Waals surface area contributed by atoms with Gasteiger partial charge in [0.2, 0.25) is 12.5 Å². The molecule has 1 saturated heterocycles. The molecule has 14 nitrogen and oxygen atoms in total. The minimum atomic E-state index is -0.588. The molecule has 0 radical (unpaired) electrons. The topological polar surface area (TPSA) is 148 Å². The summed E-state index contributed by atoms with van der Waals surface area (Å²) in [5.74, 6) is 2.12. The first kappa shape index (κ1) is 36.3. The van der Waals surface area contributed by atoms with Gasteiger partial charge in [0.25, 0.3) is 0 Å². The van der Waals surface area contributed by atoms with E-state index in [4.69, 9.17) is 42.6 Å². The van der Waals surface area contributed by atoms with Crippen molar-refractivity contribution in [1.29, 1.82) is 0 Å². The number of hydrogen-bond donors (Lipinski definition) is 0. The summed E-state index contributed by atoms with van der Waals surface area (Å²) < 4.78 is 53.3. The van der Waals surface area contributed by atoms with Gasteiger partial charge in [0, 0.05) is 23.0 Å². The van der Waals surface area contributed by atoms with Crippen LogP contribution in [-0.4, -0.2) is 75.7 Å². The molecule has 14 heteroatoms. The van der Waals surface area contributed by atoms with Crippen LogP contribution in [0.1, 0.15) is 50.3 Å². The van der Waals surface area contributed by atoms with Gasteiger partial charge in [-0.05, 0) is 77.4 Å². The van der Waals surface area contributed by atoms with Crippen LogP contribution in [0.5, 0.6) is 46.0 Å². The monoisotopic (exact) mass is 761 g/mol. The summed E-state index contributed by atoms with van der Waals surface area (Å²) >= 11 is 0. The molecule has 1 fully saturated rings. The molecule has 4 atom stereocenters. The molecule has 0 unspecified atom stereocenters. The Morgan fingerprint density at radius 1 is 0.804 bits per heavy atom. The van der Waals surface area contributed by atoms with E-state index < -0.39 is 17.9 Å². The maximum absolute atomic E-state index is 13.7. The van der Waals surface area contributed by atoms with E-state index in [-0.39, 0.29) is 37.7 Å². The number of cyclic esters (lactones) is 1. The normalized spacial score (nSPS) is 19.2. The first-order valence-electron chi connectivity index (χ1n) is 17.8. The van der Waals surface area contributed by atoms with Crippen molar-refractivity contribution >= 4 is 17.8 Å². The molecule has 0 amide bonds. The van der Waals surface area contributed by atoms with Crippen molar-refractivity contribution in [3.8, 4) is 46.0 Å². The summed E-state index contributed by atoms with van der Waals surface area (Å²) in [6.45, 7) is 0.302. The zero-order valence-electron chi connectivity index (χ0n) is 31.3. The third kappa shape index (κ3) is 6.46. The van der Waals surface area contributed by atoms with E-state index in [9.17, 15) is 9.59 Å². The zero-order chi connectivity index (χ0) is 38.9.